The summed E-state index contributed by atoms with van der Waals surface area (Å²) in [5, 5.41) is 4.09. The highest BCUT2D eigenvalue weighted by molar-refractivity contribution is 6.32. The van der Waals surface area contributed by atoms with Gasteiger partial charge in [0.15, 0.2) is 5.69 Å². The molecule has 158 valence electrons. The predicted octanol–water partition coefficient (Wildman–Crippen LogP) is 3.76. The first-order valence-electron chi connectivity index (χ1n) is 9.42. The number of para-hydroxylation sites is 1. The zero-order valence-electron chi connectivity index (χ0n) is 16.2. The number of rotatable bonds is 3. The molecule has 0 atom stereocenters. The smallest absolute Gasteiger partial charge is 0.353 e. The Kier molecular flexibility index (Phi) is 5.31. The molecule has 1 aliphatic heterocycles. The number of carbonyl (C=O) groups is 1. The molecule has 0 spiro atoms. The molecule has 0 N–H and O–H groups in total. The average Bonchev–Trinajstić information content (AvgIpc) is 3.02. The molecule has 1 aliphatic rings. The van der Waals surface area contributed by atoms with Crippen LogP contribution >= 0.6 is 11.6 Å². The fourth-order valence-electron chi connectivity index (χ4n) is 3.50. The van der Waals surface area contributed by atoms with Gasteiger partial charge in [-0.05, 0) is 25.1 Å². The van der Waals surface area contributed by atoms with E-state index in [9.17, 15) is 18.0 Å². The summed E-state index contributed by atoms with van der Waals surface area (Å²) in [5.74, 6) is 0.544. The molecule has 10 heteroatoms. The van der Waals surface area contributed by atoms with E-state index in [0.717, 1.165) is 21.4 Å². The van der Waals surface area contributed by atoms with Crippen molar-refractivity contribution in [3.05, 3.63) is 52.8 Å². The summed E-state index contributed by atoms with van der Waals surface area (Å²) >= 11 is 5.75. The topological polar surface area (TPSA) is 54.3 Å². The van der Waals surface area contributed by atoms with Crippen molar-refractivity contribution in [2.24, 2.45) is 0 Å². The van der Waals surface area contributed by atoms with Crippen LogP contribution in [0, 0.1) is 6.92 Å². The molecule has 0 unspecified atom stereocenters. The van der Waals surface area contributed by atoms with Crippen LogP contribution in [-0.2, 0) is 17.5 Å². The van der Waals surface area contributed by atoms with Gasteiger partial charge in [0, 0.05) is 31.6 Å². The summed E-state index contributed by atoms with van der Waals surface area (Å²) in [7, 11) is 0. The maximum Gasteiger partial charge on any atom is 0.436 e. The first kappa shape index (κ1) is 20.5. The fraction of sp³-hybridized carbons (Fsp3) is 0.350. The Labute approximate surface area is 175 Å². The Balaban J connectivity index is 1.41. The van der Waals surface area contributed by atoms with Crippen LogP contribution in [0.15, 0.2) is 36.4 Å². The maximum atomic E-state index is 13.0. The van der Waals surface area contributed by atoms with Gasteiger partial charge in [-0.1, -0.05) is 29.8 Å². The summed E-state index contributed by atoms with van der Waals surface area (Å²) in [6.45, 7) is 3.21. The third-order valence-corrected chi connectivity index (χ3v) is 5.68. The fourth-order valence-corrected chi connectivity index (χ4v) is 3.75. The summed E-state index contributed by atoms with van der Waals surface area (Å²) in [4.78, 5) is 21.0. The van der Waals surface area contributed by atoms with Crippen LogP contribution in [-0.4, -0.2) is 51.8 Å². The van der Waals surface area contributed by atoms with Crippen LogP contribution in [0.5, 0.6) is 0 Å². The number of nitrogens with zero attached hydrogens (tertiary/aromatic N) is 5. The van der Waals surface area contributed by atoms with E-state index in [1.165, 1.54) is 6.92 Å². The molecular formula is C20H19ClF3N5O. The maximum absolute atomic E-state index is 13.0. The summed E-state index contributed by atoms with van der Waals surface area (Å²) < 4.78 is 39.9. The highest BCUT2D eigenvalue weighted by Gasteiger charge is 2.38. The van der Waals surface area contributed by atoms with Gasteiger partial charge < -0.3 is 9.80 Å². The zero-order valence-corrected chi connectivity index (χ0v) is 16.9. The third-order valence-electron chi connectivity index (χ3n) is 5.23. The van der Waals surface area contributed by atoms with E-state index in [0.29, 0.717) is 26.2 Å². The van der Waals surface area contributed by atoms with Gasteiger partial charge in [-0.15, -0.1) is 0 Å². The second-order valence-electron chi connectivity index (χ2n) is 7.13. The van der Waals surface area contributed by atoms with Gasteiger partial charge in [0.25, 0.3) is 0 Å². The molecule has 1 saturated heterocycles. The molecule has 3 aromatic rings. The van der Waals surface area contributed by atoms with Crippen LogP contribution in [0.2, 0.25) is 5.02 Å². The monoisotopic (exact) mass is 437 g/mol. The number of anilines is 1. The Morgan fingerprint density at radius 1 is 1.10 bits per heavy atom. The lowest BCUT2D eigenvalue weighted by atomic mass is 10.2. The van der Waals surface area contributed by atoms with Crippen molar-refractivity contribution in [2.75, 3.05) is 31.1 Å². The van der Waals surface area contributed by atoms with Crippen LogP contribution in [0.3, 0.4) is 0 Å². The Morgan fingerprint density at radius 3 is 2.47 bits per heavy atom. The molecule has 30 heavy (non-hydrogen) atoms. The van der Waals surface area contributed by atoms with Gasteiger partial charge in [0.2, 0.25) is 5.91 Å². The lowest BCUT2D eigenvalue weighted by Crippen LogP contribution is -2.50. The number of amides is 1. The molecule has 1 fully saturated rings. The summed E-state index contributed by atoms with van der Waals surface area (Å²) in [6.07, 6.45) is -4.66. The van der Waals surface area contributed by atoms with Crippen molar-refractivity contribution in [3.63, 3.8) is 0 Å². The average molecular weight is 438 g/mol. The molecular weight excluding hydrogens is 419 g/mol. The number of pyridine rings is 1. The third kappa shape index (κ3) is 3.94. The van der Waals surface area contributed by atoms with Crippen molar-refractivity contribution in [1.29, 1.82) is 0 Å². The van der Waals surface area contributed by atoms with Gasteiger partial charge >= 0.3 is 6.18 Å². The van der Waals surface area contributed by atoms with Crippen molar-refractivity contribution in [1.82, 2.24) is 19.7 Å². The van der Waals surface area contributed by atoms with Gasteiger partial charge in [-0.25, -0.2) is 4.98 Å². The van der Waals surface area contributed by atoms with E-state index in [1.54, 1.807) is 4.90 Å². The highest BCUT2D eigenvalue weighted by atomic mass is 35.5. The summed E-state index contributed by atoms with van der Waals surface area (Å²) in [5.41, 5.74) is -0.141. The SMILES string of the molecule is Cc1c(Cl)c(C(F)(F)F)nn1CC(=O)N1CCN(c2ccc3ccccc3n2)CC1. The molecule has 1 aromatic carbocycles. The minimum absolute atomic E-state index is 0.122. The van der Waals surface area contributed by atoms with Gasteiger partial charge in [0.05, 0.1) is 16.2 Å². The normalized spacial score (nSPS) is 15.1. The lowest BCUT2D eigenvalue weighted by Gasteiger charge is -2.35. The van der Waals surface area contributed by atoms with Crippen molar-refractivity contribution < 1.29 is 18.0 Å². The van der Waals surface area contributed by atoms with Gasteiger partial charge in [-0.2, -0.15) is 18.3 Å². The largest absolute Gasteiger partial charge is 0.436 e. The number of alkyl halides is 3. The first-order valence-corrected chi connectivity index (χ1v) is 9.80. The number of aromatic nitrogens is 3. The molecule has 0 radical (unpaired) electrons. The minimum atomic E-state index is -4.66. The molecule has 1 amide bonds. The van der Waals surface area contributed by atoms with Crippen LogP contribution in [0.25, 0.3) is 10.9 Å². The number of fused-ring (bicyclic) bond motifs is 1. The molecule has 0 saturated carbocycles. The van der Waals surface area contributed by atoms with E-state index in [1.807, 2.05) is 36.4 Å². The van der Waals surface area contributed by atoms with Gasteiger partial charge in [0.1, 0.15) is 12.4 Å². The van der Waals surface area contributed by atoms with Crippen LogP contribution < -0.4 is 4.90 Å². The number of hydrogen-bond donors (Lipinski definition) is 0. The molecule has 3 heterocycles. The number of hydrogen-bond acceptors (Lipinski definition) is 4. The standard InChI is InChI=1S/C20H19ClF3N5O/c1-13-18(21)19(20(22,23)24)26-29(13)12-17(30)28-10-8-27(9-11-28)16-7-6-14-4-2-3-5-15(14)25-16/h2-7H,8-12H2,1H3. The minimum Gasteiger partial charge on any atom is -0.353 e. The second kappa shape index (κ2) is 7.79. The molecule has 6 nitrogen and oxygen atoms in total. The Bertz CT molecular complexity index is 1090. The molecule has 0 aliphatic carbocycles. The lowest BCUT2D eigenvalue weighted by molar-refractivity contribution is -0.142. The molecule has 2 aromatic heterocycles. The van der Waals surface area contributed by atoms with E-state index in [-0.39, 0.29) is 18.1 Å². The number of benzene rings is 1. The molecule has 0 bridgehead atoms. The number of carbonyl (C=O) groups excluding carboxylic acids is 1. The number of halogens is 4. The Morgan fingerprint density at radius 2 is 1.80 bits per heavy atom. The van der Waals surface area contributed by atoms with Crippen LogP contribution in [0.1, 0.15) is 11.4 Å². The second-order valence-corrected chi connectivity index (χ2v) is 7.51. The summed E-state index contributed by atoms with van der Waals surface area (Å²) in [6, 6.07) is 11.8. The quantitative estimate of drug-likeness (QED) is 0.626. The van der Waals surface area contributed by atoms with E-state index >= 15 is 0 Å². The number of piperazine rings is 1. The van der Waals surface area contributed by atoms with E-state index in [2.05, 4.69) is 15.0 Å². The van der Waals surface area contributed by atoms with Gasteiger partial charge in [-0.3, -0.25) is 9.48 Å². The van der Waals surface area contributed by atoms with Crippen molar-refractivity contribution >= 4 is 34.2 Å². The van der Waals surface area contributed by atoms with E-state index < -0.39 is 16.9 Å². The molecule has 4 rings (SSSR count). The Hall–Kier alpha value is -2.81. The van der Waals surface area contributed by atoms with E-state index in [4.69, 9.17) is 11.6 Å². The van der Waals surface area contributed by atoms with Crippen molar-refractivity contribution in [3.8, 4) is 0 Å². The first-order chi connectivity index (χ1) is 14.2. The zero-order chi connectivity index (χ0) is 21.5. The predicted molar refractivity (Wildman–Crippen MR) is 108 cm³/mol. The highest BCUT2D eigenvalue weighted by Crippen LogP contribution is 2.35. The van der Waals surface area contributed by atoms with Crippen LogP contribution in [0.4, 0.5) is 19.0 Å². The van der Waals surface area contributed by atoms with Crippen molar-refractivity contribution in [2.45, 2.75) is 19.6 Å².